The molecule has 0 aliphatic carbocycles. The van der Waals surface area contributed by atoms with Crippen LogP contribution in [-0.4, -0.2) is 34.2 Å². The molecule has 0 spiro atoms. The van der Waals surface area contributed by atoms with Gasteiger partial charge < -0.3 is 14.6 Å². The van der Waals surface area contributed by atoms with Gasteiger partial charge in [-0.15, -0.1) is 0 Å². The Morgan fingerprint density at radius 2 is 1.84 bits per heavy atom. The molecule has 1 aromatic carbocycles. The Hall–Kier alpha value is -1.32. The first-order chi connectivity index (χ1) is 9.38. The highest BCUT2D eigenvalue weighted by atomic mass is 16.3. The van der Waals surface area contributed by atoms with Gasteiger partial charge in [-0.2, -0.15) is 0 Å². The second kappa shape index (κ2) is 5.76. The topological polar surface area (TPSA) is 28.4 Å². The van der Waals surface area contributed by atoms with Gasteiger partial charge in [0.25, 0.3) is 0 Å². The monoisotopic (exact) mass is 258 g/mol. The molecule has 0 saturated carbocycles. The van der Waals surface area contributed by atoms with E-state index in [1.165, 1.54) is 49.8 Å². The molecule has 0 amide bonds. The van der Waals surface area contributed by atoms with E-state index in [2.05, 4.69) is 33.9 Å². The van der Waals surface area contributed by atoms with Crippen molar-refractivity contribution < 1.29 is 5.11 Å². The van der Waals surface area contributed by atoms with Crippen molar-refractivity contribution in [1.29, 1.82) is 0 Å². The normalized spacial score (nSPS) is 16.5. The number of hydrogen-bond acceptors (Lipinski definition) is 2. The van der Waals surface area contributed by atoms with Crippen LogP contribution in [0.15, 0.2) is 30.5 Å². The van der Waals surface area contributed by atoms with Crippen molar-refractivity contribution in [2.45, 2.75) is 32.4 Å². The summed E-state index contributed by atoms with van der Waals surface area (Å²) >= 11 is 0. The molecule has 1 fully saturated rings. The molecule has 102 valence electrons. The smallest absolute Gasteiger partial charge is 0.0702 e. The summed E-state index contributed by atoms with van der Waals surface area (Å²) in [5, 5.41) is 10.6. The van der Waals surface area contributed by atoms with Crippen LogP contribution in [0.25, 0.3) is 10.9 Å². The maximum absolute atomic E-state index is 9.43. The Balaban J connectivity index is 1.69. The Kier molecular flexibility index (Phi) is 3.85. The number of nitrogens with zero attached hydrogens (tertiary/aromatic N) is 2. The molecule has 2 heterocycles. The van der Waals surface area contributed by atoms with E-state index in [1.54, 1.807) is 0 Å². The fraction of sp³-hybridized carbons (Fsp3) is 0.500. The zero-order valence-electron chi connectivity index (χ0n) is 11.4. The van der Waals surface area contributed by atoms with Gasteiger partial charge in [0.2, 0.25) is 0 Å². The van der Waals surface area contributed by atoms with E-state index in [-0.39, 0.29) is 6.61 Å². The van der Waals surface area contributed by atoms with Crippen LogP contribution in [0, 0.1) is 0 Å². The van der Waals surface area contributed by atoms with Crippen molar-refractivity contribution in [1.82, 2.24) is 9.47 Å². The number of aryl methyl sites for hydroxylation is 1. The molecule has 3 nitrogen and oxygen atoms in total. The number of likely N-dealkylation sites (tertiary alicyclic amines) is 1. The number of aliphatic hydroxyl groups excluding tert-OH is 1. The van der Waals surface area contributed by atoms with Gasteiger partial charge in [-0.1, -0.05) is 18.2 Å². The minimum Gasteiger partial charge on any atom is -0.392 e. The molecule has 0 atom stereocenters. The van der Waals surface area contributed by atoms with Gasteiger partial charge in [0, 0.05) is 29.2 Å². The first-order valence-electron chi connectivity index (χ1n) is 7.28. The Morgan fingerprint density at radius 1 is 1.05 bits per heavy atom. The fourth-order valence-corrected chi connectivity index (χ4v) is 3.10. The van der Waals surface area contributed by atoms with Gasteiger partial charge in [0.1, 0.15) is 0 Å². The van der Waals surface area contributed by atoms with Crippen LogP contribution in [0.2, 0.25) is 0 Å². The third kappa shape index (κ3) is 2.67. The lowest BCUT2D eigenvalue weighted by Gasteiger charge is -2.14. The van der Waals surface area contributed by atoms with E-state index < -0.39 is 0 Å². The Labute approximate surface area is 114 Å². The summed E-state index contributed by atoms with van der Waals surface area (Å²) in [5.74, 6) is 0. The molecule has 1 N–H and O–H groups in total. The number of benzene rings is 1. The molecule has 0 radical (unpaired) electrons. The zero-order chi connectivity index (χ0) is 13.1. The molecule has 0 bridgehead atoms. The third-order valence-corrected chi connectivity index (χ3v) is 4.11. The average molecular weight is 258 g/mol. The van der Waals surface area contributed by atoms with Gasteiger partial charge in [-0.25, -0.2) is 0 Å². The van der Waals surface area contributed by atoms with Gasteiger partial charge in [-0.05, 0) is 45.0 Å². The lowest BCUT2D eigenvalue weighted by atomic mass is 10.2. The molecule has 3 heteroatoms. The summed E-state index contributed by atoms with van der Waals surface area (Å²) < 4.78 is 2.29. The van der Waals surface area contributed by atoms with Crippen molar-refractivity contribution in [2.75, 3.05) is 19.6 Å². The second-order valence-electron chi connectivity index (χ2n) is 5.43. The molecule has 1 aromatic heterocycles. The van der Waals surface area contributed by atoms with Crippen molar-refractivity contribution in [3.05, 3.63) is 36.0 Å². The standard InChI is InChI=1S/C16H22N2O/c19-13-14-12-18(16-7-2-1-6-15(14)16)11-5-10-17-8-3-4-9-17/h1-2,6-7,12,19H,3-5,8-11,13H2. The second-order valence-corrected chi connectivity index (χ2v) is 5.43. The van der Waals surface area contributed by atoms with Crippen LogP contribution in [0.4, 0.5) is 0 Å². The minimum absolute atomic E-state index is 0.125. The van der Waals surface area contributed by atoms with Crippen LogP contribution in [0.5, 0.6) is 0 Å². The Bertz CT molecular complexity index is 541. The minimum atomic E-state index is 0.125. The van der Waals surface area contributed by atoms with Crippen LogP contribution >= 0.6 is 0 Å². The summed E-state index contributed by atoms with van der Waals surface area (Å²) in [6.45, 7) is 4.90. The highest BCUT2D eigenvalue weighted by Crippen LogP contribution is 2.21. The number of para-hydroxylation sites is 1. The first-order valence-corrected chi connectivity index (χ1v) is 7.28. The van der Waals surface area contributed by atoms with E-state index in [0.29, 0.717) is 0 Å². The van der Waals surface area contributed by atoms with Gasteiger partial charge >= 0.3 is 0 Å². The predicted octanol–water partition coefficient (Wildman–Crippen LogP) is 2.62. The molecule has 19 heavy (non-hydrogen) atoms. The summed E-state index contributed by atoms with van der Waals surface area (Å²) in [6, 6.07) is 8.35. The lowest BCUT2D eigenvalue weighted by molar-refractivity contribution is 0.283. The number of aliphatic hydroxyl groups is 1. The van der Waals surface area contributed by atoms with Crippen LogP contribution < -0.4 is 0 Å². The lowest BCUT2D eigenvalue weighted by Crippen LogP contribution is -2.21. The average Bonchev–Trinajstić information content (AvgIpc) is 3.07. The van der Waals surface area contributed by atoms with Gasteiger partial charge in [0.05, 0.1) is 6.61 Å². The molecule has 1 aliphatic heterocycles. The number of rotatable bonds is 5. The van der Waals surface area contributed by atoms with E-state index in [1.807, 2.05) is 6.07 Å². The van der Waals surface area contributed by atoms with E-state index in [0.717, 1.165) is 12.1 Å². The van der Waals surface area contributed by atoms with Crippen LogP contribution in [0.1, 0.15) is 24.8 Å². The number of fused-ring (bicyclic) bond motifs is 1. The quantitative estimate of drug-likeness (QED) is 0.893. The molecule has 2 aromatic rings. The van der Waals surface area contributed by atoms with E-state index >= 15 is 0 Å². The largest absolute Gasteiger partial charge is 0.392 e. The van der Waals surface area contributed by atoms with Crippen molar-refractivity contribution in [2.24, 2.45) is 0 Å². The summed E-state index contributed by atoms with van der Waals surface area (Å²) in [7, 11) is 0. The summed E-state index contributed by atoms with van der Waals surface area (Å²) in [5.41, 5.74) is 2.28. The van der Waals surface area contributed by atoms with Crippen molar-refractivity contribution in [3.8, 4) is 0 Å². The summed E-state index contributed by atoms with van der Waals surface area (Å²) in [4.78, 5) is 2.55. The van der Waals surface area contributed by atoms with Gasteiger partial charge in [0.15, 0.2) is 0 Å². The zero-order valence-corrected chi connectivity index (χ0v) is 11.4. The summed E-state index contributed by atoms with van der Waals surface area (Å²) in [6.07, 6.45) is 6.01. The molecule has 3 rings (SSSR count). The molecule has 1 aliphatic rings. The third-order valence-electron chi connectivity index (χ3n) is 4.11. The number of hydrogen-bond donors (Lipinski definition) is 1. The van der Waals surface area contributed by atoms with Crippen molar-refractivity contribution in [3.63, 3.8) is 0 Å². The molecule has 0 unspecified atom stereocenters. The highest BCUT2D eigenvalue weighted by Gasteiger charge is 2.11. The maximum Gasteiger partial charge on any atom is 0.0702 e. The van der Waals surface area contributed by atoms with E-state index in [9.17, 15) is 5.11 Å². The predicted molar refractivity (Wildman–Crippen MR) is 78.2 cm³/mol. The Morgan fingerprint density at radius 3 is 2.63 bits per heavy atom. The van der Waals surface area contributed by atoms with Crippen molar-refractivity contribution >= 4 is 10.9 Å². The van der Waals surface area contributed by atoms with Gasteiger partial charge in [-0.3, -0.25) is 0 Å². The van der Waals surface area contributed by atoms with Crippen LogP contribution in [-0.2, 0) is 13.2 Å². The SMILES string of the molecule is OCc1cn(CCCN2CCCC2)c2ccccc12. The molecular formula is C16H22N2O. The maximum atomic E-state index is 9.43. The van der Waals surface area contributed by atoms with Crippen LogP contribution in [0.3, 0.4) is 0 Å². The first kappa shape index (κ1) is 12.7. The number of aromatic nitrogens is 1. The highest BCUT2D eigenvalue weighted by molar-refractivity contribution is 5.83. The molecular weight excluding hydrogens is 236 g/mol. The molecule has 1 saturated heterocycles. The van der Waals surface area contributed by atoms with E-state index in [4.69, 9.17) is 0 Å². The fourth-order valence-electron chi connectivity index (χ4n) is 3.10.